The van der Waals surface area contributed by atoms with Gasteiger partial charge in [0.1, 0.15) is 11.6 Å². The van der Waals surface area contributed by atoms with E-state index in [0.717, 1.165) is 20.6 Å². The maximum atomic E-state index is 13.2. The minimum Gasteiger partial charge on any atom is -0.271 e. The van der Waals surface area contributed by atoms with Gasteiger partial charge in [0.15, 0.2) is 0 Å². The molecule has 0 aromatic heterocycles. The van der Waals surface area contributed by atoms with Crippen LogP contribution in [0.15, 0.2) is 45.3 Å². The van der Waals surface area contributed by atoms with Crippen LogP contribution in [0.4, 0.5) is 8.78 Å². The average Bonchev–Trinajstić information content (AvgIpc) is 2.35. The predicted molar refractivity (Wildman–Crippen MR) is 82.0 cm³/mol. The Morgan fingerprint density at radius 2 is 1.70 bits per heavy atom. The molecule has 2 nitrogen and oxygen atoms in total. The Balaban J connectivity index is 2.28. The molecule has 2 rings (SSSR count). The second-order valence-corrected chi connectivity index (χ2v) is 6.14. The van der Waals surface area contributed by atoms with E-state index in [1.165, 1.54) is 12.1 Å². The Kier molecular flexibility index (Phi) is 5.26. The fraction of sp³-hybridized carbons (Fsp3) is 0.143. The van der Waals surface area contributed by atoms with Crippen LogP contribution in [0.2, 0.25) is 0 Å². The van der Waals surface area contributed by atoms with E-state index in [9.17, 15) is 8.78 Å². The highest BCUT2D eigenvalue weighted by atomic mass is 79.9. The first kappa shape index (κ1) is 15.6. The van der Waals surface area contributed by atoms with E-state index in [2.05, 4.69) is 37.3 Å². The first-order valence-electron chi connectivity index (χ1n) is 5.85. The van der Waals surface area contributed by atoms with Crippen LogP contribution in [0, 0.1) is 11.6 Å². The van der Waals surface area contributed by atoms with Gasteiger partial charge in [0, 0.05) is 15.0 Å². The van der Waals surface area contributed by atoms with Gasteiger partial charge in [0.05, 0.1) is 6.04 Å². The molecule has 0 heterocycles. The van der Waals surface area contributed by atoms with E-state index in [0.29, 0.717) is 12.0 Å². The van der Waals surface area contributed by atoms with Crippen LogP contribution >= 0.6 is 31.9 Å². The Morgan fingerprint density at radius 1 is 1.05 bits per heavy atom. The molecule has 1 atom stereocenters. The van der Waals surface area contributed by atoms with Crippen LogP contribution in [-0.2, 0) is 6.42 Å². The summed E-state index contributed by atoms with van der Waals surface area (Å²) in [6, 6.07) is 8.89. The van der Waals surface area contributed by atoms with E-state index in [-0.39, 0.29) is 6.04 Å². The van der Waals surface area contributed by atoms with Gasteiger partial charge >= 0.3 is 0 Å². The minimum atomic E-state index is -0.592. The highest BCUT2D eigenvalue weighted by Crippen LogP contribution is 2.28. The van der Waals surface area contributed by atoms with Crippen molar-refractivity contribution in [3.63, 3.8) is 0 Å². The van der Waals surface area contributed by atoms with Gasteiger partial charge in [-0.05, 0) is 41.8 Å². The van der Waals surface area contributed by atoms with Crippen molar-refractivity contribution in [3.05, 3.63) is 68.1 Å². The number of halogens is 4. The Morgan fingerprint density at radius 3 is 2.25 bits per heavy atom. The summed E-state index contributed by atoms with van der Waals surface area (Å²) < 4.78 is 28.2. The van der Waals surface area contributed by atoms with E-state index in [1.807, 2.05) is 18.2 Å². The zero-order valence-corrected chi connectivity index (χ0v) is 13.5. The third-order valence-corrected chi connectivity index (χ3v) is 4.08. The molecule has 0 bridgehead atoms. The van der Waals surface area contributed by atoms with E-state index < -0.39 is 11.6 Å². The van der Waals surface area contributed by atoms with Crippen LogP contribution in [0.5, 0.6) is 0 Å². The molecule has 1 unspecified atom stereocenters. The zero-order chi connectivity index (χ0) is 14.7. The Hall–Kier alpha value is -0.820. The van der Waals surface area contributed by atoms with Crippen molar-refractivity contribution in [2.45, 2.75) is 12.5 Å². The number of hydrazine groups is 1. The minimum absolute atomic E-state index is 0.251. The molecular weight excluding hydrogens is 394 g/mol. The summed E-state index contributed by atoms with van der Waals surface area (Å²) in [5, 5.41) is 0. The number of benzene rings is 2. The highest BCUT2D eigenvalue weighted by molar-refractivity contribution is 9.11. The quantitative estimate of drug-likeness (QED) is 0.589. The average molecular weight is 406 g/mol. The fourth-order valence-electron chi connectivity index (χ4n) is 2.01. The van der Waals surface area contributed by atoms with Crippen molar-refractivity contribution in [2.24, 2.45) is 5.84 Å². The monoisotopic (exact) mass is 404 g/mol. The van der Waals surface area contributed by atoms with Crippen molar-refractivity contribution in [1.29, 1.82) is 0 Å². The maximum absolute atomic E-state index is 13.2. The lowest BCUT2D eigenvalue weighted by Gasteiger charge is -2.18. The lowest BCUT2D eigenvalue weighted by molar-refractivity contribution is 0.538. The molecule has 0 aliphatic carbocycles. The standard InChI is InChI=1S/C14H12Br2F2N2/c15-9-1-2-12(13(16)6-9)14(20-19)5-8-3-10(17)7-11(18)4-8/h1-4,6-7,14,20H,5,19H2. The fourth-order valence-corrected chi connectivity index (χ4v) is 3.33. The maximum Gasteiger partial charge on any atom is 0.126 e. The third kappa shape index (κ3) is 3.85. The van der Waals surface area contributed by atoms with Crippen molar-refractivity contribution < 1.29 is 8.78 Å². The molecule has 0 spiro atoms. The van der Waals surface area contributed by atoms with Gasteiger partial charge in [-0.1, -0.05) is 37.9 Å². The molecular formula is C14H12Br2F2N2. The van der Waals surface area contributed by atoms with Gasteiger partial charge in [0.2, 0.25) is 0 Å². The second kappa shape index (κ2) is 6.76. The Labute approximate surface area is 132 Å². The van der Waals surface area contributed by atoms with Crippen LogP contribution in [0.1, 0.15) is 17.2 Å². The second-order valence-electron chi connectivity index (χ2n) is 4.37. The molecule has 0 radical (unpaired) electrons. The van der Waals surface area contributed by atoms with Crippen LogP contribution in [0.25, 0.3) is 0 Å². The first-order chi connectivity index (χ1) is 9.49. The summed E-state index contributed by atoms with van der Waals surface area (Å²) in [6.07, 6.45) is 0.380. The van der Waals surface area contributed by atoms with Crippen molar-refractivity contribution in [3.8, 4) is 0 Å². The molecule has 6 heteroatoms. The molecule has 0 amide bonds. The molecule has 3 N–H and O–H groups in total. The van der Waals surface area contributed by atoms with E-state index in [1.54, 1.807) is 0 Å². The SMILES string of the molecule is NNC(Cc1cc(F)cc(F)c1)c1ccc(Br)cc1Br. The first-order valence-corrected chi connectivity index (χ1v) is 7.44. The summed E-state index contributed by atoms with van der Waals surface area (Å²) in [5.41, 5.74) is 4.13. The lowest BCUT2D eigenvalue weighted by Crippen LogP contribution is -2.29. The predicted octanol–water partition coefficient (Wildman–Crippen LogP) is 4.24. The normalized spacial score (nSPS) is 12.4. The molecule has 106 valence electrons. The summed E-state index contributed by atoms with van der Waals surface area (Å²) in [5.74, 6) is 4.38. The lowest BCUT2D eigenvalue weighted by atomic mass is 9.99. The molecule has 0 aliphatic rings. The molecule has 20 heavy (non-hydrogen) atoms. The molecule has 0 saturated carbocycles. The number of rotatable bonds is 4. The smallest absolute Gasteiger partial charge is 0.126 e. The van der Waals surface area contributed by atoms with Crippen LogP contribution in [0.3, 0.4) is 0 Å². The van der Waals surface area contributed by atoms with Crippen molar-refractivity contribution in [1.82, 2.24) is 5.43 Å². The summed E-state index contributed by atoms with van der Waals surface area (Å²) in [7, 11) is 0. The third-order valence-electron chi connectivity index (χ3n) is 2.90. The van der Waals surface area contributed by atoms with Gasteiger partial charge in [-0.25, -0.2) is 8.78 Å². The van der Waals surface area contributed by atoms with Crippen LogP contribution in [-0.4, -0.2) is 0 Å². The topological polar surface area (TPSA) is 38.0 Å². The van der Waals surface area contributed by atoms with Crippen molar-refractivity contribution in [2.75, 3.05) is 0 Å². The summed E-state index contributed by atoms with van der Waals surface area (Å²) in [4.78, 5) is 0. The molecule has 2 aromatic rings. The van der Waals surface area contributed by atoms with Gasteiger partial charge < -0.3 is 0 Å². The van der Waals surface area contributed by atoms with E-state index >= 15 is 0 Å². The van der Waals surface area contributed by atoms with E-state index in [4.69, 9.17) is 5.84 Å². The number of nitrogens with one attached hydrogen (secondary N) is 1. The summed E-state index contributed by atoms with van der Waals surface area (Å²) >= 11 is 6.83. The van der Waals surface area contributed by atoms with Gasteiger partial charge in [-0.15, -0.1) is 0 Å². The van der Waals surface area contributed by atoms with Gasteiger partial charge in [0.25, 0.3) is 0 Å². The van der Waals surface area contributed by atoms with Crippen molar-refractivity contribution >= 4 is 31.9 Å². The summed E-state index contributed by atoms with van der Waals surface area (Å²) in [6.45, 7) is 0. The number of hydrogen-bond acceptors (Lipinski definition) is 2. The largest absolute Gasteiger partial charge is 0.271 e. The molecule has 0 fully saturated rings. The zero-order valence-electron chi connectivity index (χ0n) is 10.3. The van der Waals surface area contributed by atoms with Crippen LogP contribution < -0.4 is 11.3 Å². The molecule has 2 aromatic carbocycles. The molecule has 0 aliphatic heterocycles. The molecule has 0 saturated heterocycles. The number of nitrogens with two attached hydrogens (primary N) is 1. The van der Waals surface area contributed by atoms with Gasteiger partial charge in [-0.2, -0.15) is 0 Å². The highest BCUT2D eigenvalue weighted by Gasteiger charge is 2.15. The van der Waals surface area contributed by atoms with Gasteiger partial charge in [-0.3, -0.25) is 11.3 Å². The Bertz CT molecular complexity index is 600. The number of hydrogen-bond donors (Lipinski definition) is 2.